The molecule has 0 fully saturated rings. The molecule has 3 aromatic carbocycles. The molecule has 1 heterocycles. The quantitative estimate of drug-likeness (QED) is 0.752. The Kier molecular flexibility index (Phi) is 3.27. The molecule has 23 heavy (non-hydrogen) atoms. The van der Waals surface area contributed by atoms with Crippen molar-refractivity contribution in [3.05, 3.63) is 65.7 Å². The topological polar surface area (TPSA) is 55.1 Å². The van der Waals surface area contributed by atoms with Crippen molar-refractivity contribution in [1.29, 1.82) is 0 Å². The molecule has 3 N–H and O–H groups in total. The van der Waals surface area contributed by atoms with Crippen LogP contribution in [0.2, 0.25) is 0 Å². The van der Waals surface area contributed by atoms with Crippen LogP contribution >= 0.6 is 0 Å². The molecule has 0 saturated heterocycles. The minimum atomic E-state index is -0.392. The first kappa shape index (κ1) is 13.8. The summed E-state index contributed by atoms with van der Waals surface area (Å²) in [5.74, 6) is -0.392. The number of carbonyl (C=O) groups is 1. The Bertz CT molecular complexity index is 915. The molecule has 0 spiro atoms. The monoisotopic (exact) mass is 302 g/mol. The normalized spacial score (nSPS) is 13.4. The van der Waals surface area contributed by atoms with Crippen molar-refractivity contribution < 1.29 is 4.79 Å². The Morgan fingerprint density at radius 3 is 2.78 bits per heavy atom. The predicted molar refractivity (Wildman–Crippen MR) is 94.7 cm³/mol. The molecule has 114 valence electrons. The van der Waals surface area contributed by atoms with E-state index in [4.69, 9.17) is 5.73 Å². The fourth-order valence-corrected chi connectivity index (χ4v) is 3.33. The van der Waals surface area contributed by atoms with E-state index in [9.17, 15) is 4.79 Å². The Hall–Kier alpha value is -2.81. The first-order valence-electron chi connectivity index (χ1n) is 7.92. The first-order valence-corrected chi connectivity index (χ1v) is 7.92. The molecule has 0 unspecified atom stereocenters. The zero-order valence-electron chi connectivity index (χ0n) is 12.8. The van der Waals surface area contributed by atoms with Gasteiger partial charge in [0, 0.05) is 17.8 Å². The van der Waals surface area contributed by atoms with Crippen LogP contribution in [0.3, 0.4) is 0 Å². The van der Waals surface area contributed by atoms with Gasteiger partial charge in [0.25, 0.3) is 0 Å². The summed E-state index contributed by atoms with van der Waals surface area (Å²) in [6, 6.07) is 18.4. The maximum Gasteiger partial charge on any atom is 0.248 e. The van der Waals surface area contributed by atoms with Gasteiger partial charge in [0.15, 0.2) is 0 Å². The van der Waals surface area contributed by atoms with Crippen LogP contribution in [-0.4, -0.2) is 12.5 Å². The van der Waals surface area contributed by atoms with E-state index in [-0.39, 0.29) is 0 Å². The zero-order chi connectivity index (χ0) is 15.8. The third kappa shape index (κ3) is 2.44. The Morgan fingerprint density at radius 2 is 1.91 bits per heavy atom. The van der Waals surface area contributed by atoms with Gasteiger partial charge in [-0.15, -0.1) is 0 Å². The maximum absolute atomic E-state index is 11.7. The number of carbonyl (C=O) groups excluding carboxylic acids is 1. The summed E-state index contributed by atoms with van der Waals surface area (Å²) in [4.78, 5) is 11.7. The molecule has 4 rings (SSSR count). The van der Waals surface area contributed by atoms with Gasteiger partial charge in [-0.1, -0.05) is 30.3 Å². The van der Waals surface area contributed by atoms with Gasteiger partial charge in [-0.3, -0.25) is 4.79 Å². The van der Waals surface area contributed by atoms with Crippen molar-refractivity contribution in [1.82, 2.24) is 0 Å². The average Bonchev–Trinajstić information content (AvgIpc) is 2.60. The molecular formula is C20H18N2O. The smallest absolute Gasteiger partial charge is 0.248 e. The second-order valence-corrected chi connectivity index (χ2v) is 6.01. The van der Waals surface area contributed by atoms with Gasteiger partial charge in [0.2, 0.25) is 5.91 Å². The number of anilines is 1. The number of benzene rings is 3. The molecule has 0 aromatic heterocycles. The largest absolute Gasteiger partial charge is 0.385 e. The standard InChI is InChI=1S/C20H18N2O/c21-20(23)16-11-13-4-1-2-6-17(13)18(12-16)14-7-8-19-15(10-14)5-3-9-22-19/h1-2,4,6-8,10-12,22H,3,5,9H2,(H2,21,23). The summed E-state index contributed by atoms with van der Waals surface area (Å²) in [7, 11) is 0. The molecule has 1 aliphatic heterocycles. The van der Waals surface area contributed by atoms with Gasteiger partial charge in [-0.25, -0.2) is 0 Å². The number of fused-ring (bicyclic) bond motifs is 2. The molecule has 0 radical (unpaired) electrons. The predicted octanol–water partition coefficient (Wildman–Crippen LogP) is 3.96. The molecule has 0 aliphatic carbocycles. The average molecular weight is 302 g/mol. The van der Waals surface area contributed by atoms with Crippen molar-refractivity contribution in [2.45, 2.75) is 12.8 Å². The second kappa shape index (κ2) is 5.43. The van der Waals surface area contributed by atoms with E-state index in [0.717, 1.165) is 41.3 Å². The van der Waals surface area contributed by atoms with Crippen LogP contribution in [0, 0.1) is 0 Å². The maximum atomic E-state index is 11.7. The highest BCUT2D eigenvalue weighted by Crippen LogP contribution is 2.33. The number of hydrogen-bond donors (Lipinski definition) is 2. The summed E-state index contributed by atoms with van der Waals surface area (Å²) in [5.41, 5.74) is 10.8. The van der Waals surface area contributed by atoms with Gasteiger partial charge in [-0.2, -0.15) is 0 Å². The number of hydrogen-bond acceptors (Lipinski definition) is 2. The fraction of sp³-hybridized carbons (Fsp3) is 0.150. The number of rotatable bonds is 2. The molecule has 3 heteroatoms. The second-order valence-electron chi connectivity index (χ2n) is 6.01. The number of aryl methyl sites for hydroxylation is 1. The summed E-state index contributed by atoms with van der Waals surface area (Å²) >= 11 is 0. The molecule has 0 bridgehead atoms. The number of primary amides is 1. The van der Waals surface area contributed by atoms with Crippen LogP contribution in [0.4, 0.5) is 5.69 Å². The number of nitrogens with two attached hydrogens (primary N) is 1. The van der Waals surface area contributed by atoms with E-state index in [1.807, 2.05) is 30.3 Å². The molecular weight excluding hydrogens is 284 g/mol. The van der Waals surface area contributed by atoms with Crippen LogP contribution in [0.5, 0.6) is 0 Å². The lowest BCUT2D eigenvalue weighted by Crippen LogP contribution is -2.12. The highest BCUT2D eigenvalue weighted by Gasteiger charge is 2.13. The Balaban J connectivity index is 1.95. The van der Waals surface area contributed by atoms with Gasteiger partial charge in [-0.05, 0) is 64.6 Å². The van der Waals surface area contributed by atoms with Crippen molar-refractivity contribution in [2.75, 3.05) is 11.9 Å². The zero-order valence-corrected chi connectivity index (χ0v) is 12.8. The summed E-state index contributed by atoms with van der Waals surface area (Å²) in [6.07, 6.45) is 2.24. The van der Waals surface area contributed by atoms with E-state index >= 15 is 0 Å². The lowest BCUT2D eigenvalue weighted by atomic mass is 9.92. The van der Waals surface area contributed by atoms with E-state index in [2.05, 4.69) is 29.6 Å². The molecule has 0 atom stereocenters. The highest BCUT2D eigenvalue weighted by molar-refractivity contribution is 6.04. The van der Waals surface area contributed by atoms with Gasteiger partial charge in [0.05, 0.1) is 0 Å². The van der Waals surface area contributed by atoms with Crippen molar-refractivity contribution in [2.24, 2.45) is 5.73 Å². The van der Waals surface area contributed by atoms with E-state index in [1.165, 1.54) is 11.3 Å². The lowest BCUT2D eigenvalue weighted by molar-refractivity contribution is 0.100. The van der Waals surface area contributed by atoms with Crippen LogP contribution in [0.25, 0.3) is 21.9 Å². The van der Waals surface area contributed by atoms with Crippen LogP contribution in [-0.2, 0) is 6.42 Å². The minimum absolute atomic E-state index is 0.392. The van der Waals surface area contributed by atoms with Crippen molar-refractivity contribution in [3.63, 3.8) is 0 Å². The summed E-state index contributed by atoms with van der Waals surface area (Å²) in [6.45, 7) is 1.03. The van der Waals surface area contributed by atoms with Gasteiger partial charge < -0.3 is 11.1 Å². The number of amides is 1. The molecule has 3 aromatic rings. The Morgan fingerprint density at radius 1 is 1.04 bits per heavy atom. The van der Waals surface area contributed by atoms with Crippen LogP contribution in [0.1, 0.15) is 22.3 Å². The van der Waals surface area contributed by atoms with Gasteiger partial charge >= 0.3 is 0 Å². The van der Waals surface area contributed by atoms with Crippen molar-refractivity contribution in [3.8, 4) is 11.1 Å². The molecule has 3 nitrogen and oxygen atoms in total. The number of nitrogens with one attached hydrogen (secondary N) is 1. The fourth-order valence-electron chi connectivity index (χ4n) is 3.33. The molecule has 1 aliphatic rings. The summed E-state index contributed by atoms with van der Waals surface area (Å²) in [5, 5.41) is 5.61. The molecule has 0 saturated carbocycles. The lowest BCUT2D eigenvalue weighted by Gasteiger charge is -2.19. The van der Waals surface area contributed by atoms with Crippen LogP contribution < -0.4 is 11.1 Å². The van der Waals surface area contributed by atoms with E-state index in [1.54, 1.807) is 0 Å². The third-order valence-electron chi connectivity index (χ3n) is 4.50. The minimum Gasteiger partial charge on any atom is -0.385 e. The Labute approximate surface area is 135 Å². The molecule has 1 amide bonds. The highest BCUT2D eigenvalue weighted by atomic mass is 16.1. The summed E-state index contributed by atoms with van der Waals surface area (Å²) < 4.78 is 0. The third-order valence-corrected chi connectivity index (χ3v) is 4.50. The first-order chi connectivity index (χ1) is 11.2. The van der Waals surface area contributed by atoms with Gasteiger partial charge in [0.1, 0.15) is 0 Å². The van der Waals surface area contributed by atoms with E-state index < -0.39 is 5.91 Å². The van der Waals surface area contributed by atoms with Crippen molar-refractivity contribution >= 4 is 22.4 Å². The van der Waals surface area contributed by atoms with Crippen LogP contribution in [0.15, 0.2) is 54.6 Å². The van der Waals surface area contributed by atoms with E-state index in [0.29, 0.717) is 5.56 Å². The SMILES string of the molecule is NC(=O)c1cc(-c2ccc3c(c2)CCCN3)c2ccccc2c1.